The molecule has 0 aliphatic rings. The molecule has 25 heavy (non-hydrogen) atoms. The fourth-order valence-corrected chi connectivity index (χ4v) is 3.51. The summed E-state index contributed by atoms with van der Waals surface area (Å²) < 4.78 is 1.18. The summed E-state index contributed by atoms with van der Waals surface area (Å²) in [6.07, 6.45) is 1.98. The van der Waals surface area contributed by atoms with Gasteiger partial charge in [-0.2, -0.15) is 0 Å². The zero-order valence-corrected chi connectivity index (χ0v) is 14.7. The molecule has 0 aliphatic heterocycles. The van der Waals surface area contributed by atoms with Crippen LogP contribution in [-0.2, 0) is 11.2 Å². The predicted octanol–water partition coefficient (Wildman–Crippen LogP) is 3.62. The zero-order valence-electron chi connectivity index (χ0n) is 13.9. The number of rotatable bonds is 6. The van der Waals surface area contributed by atoms with Crippen LogP contribution in [-0.4, -0.2) is 23.8 Å². The number of carbonyl (C=O) groups excluding carboxylic acids is 2. The third-order valence-corrected chi connectivity index (χ3v) is 4.89. The van der Waals surface area contributed by atoms with E-state index in [1.165, 1.54) is 4.70 Å². The van der Waals surface area contributed by atoms with E-state index in [-0.39, 0.29) is 11.8 Å². The molecule has 2 N–H and O–H groups in total. The molecule has 0 fully saturated rings. The van der Waals surface area contributed by atoms with Crippen LogP contribution >= 0.6 is 11.3 Å². The topological polar surface area (TPSA) is 71.1 Å². The smallest absolute Gasteiger partial charge is 0.251 e. The Morgan fingerprint density at radius 2 is 1.84 bits per heavy atom. The molecule has 2 aromatic carbocycles. The Labute approximate surface area is 150 Å². The van der Waals surface area contributed by atoms with Crippen molar-refractivity contribution in [3.8, 4) is 0 Å². The number of hydrogen-bond acceptors (Lipinski definition) is 4. The van der Waals surface area contributed by atoms with Gasteiger partial charge in [-0.3, -0.25) is 9.59 Å². The highest BCUT2D eigenvalue weighted by molar-refractivity contribution is 7.18. The van der Waals surface area contributed by atoms with Crippen molar-refractivity contribution in [2.75, 3.05) is 12.4 Å². The van der Waals surface area contributed by atoms with E-state index in [0.29, 0.717) is 17.7 Å². The minimum absolute atomic E-state index is 0.0335. The molecule has 3 rings (SSSR count). The standard InChI is InChI=1S/C19H19N3O2S/c1-20-19(24)13-9-11-14(12-10-13)21-17(23)7-4-8-18-22-15-5-2-3-6-16(15)25-18/h2-3,5-6,9-12H,4,7-8H2,1H3,(H,20,24)(H,21,23). The lowest BCUT2D eigenvalue weighted by molar-refractivity contribution is -0.116. The van der Waals surface area contributed by atoms with Gasteiger partial charge in [0.15, 0.2) is 0 Å². The number of aryl methyl sites for hydroxylation is 1. The van der Waals surface area contributed by atoms with Crippen LogP contribution in [0.4, 0.5) is 5.69 Å². The van der Waals surface area contributed by atoms with Gasteiger partial charge in [-0.15, -0.1) is 11.3 Å². The van der Waals surface area contributed by atoms with Gasteiger partial charge < -0.3 is 10.6 Å². The summed E-state index contributed by atoms with van der Waals surface area (Å²) in [5.41, 5.74) is 2.28. The Morgan fingerprint density at radius 3 is 2.56 bits per heavy atom. The van der Waals surface area contributed by atoms with Gasteiger partial charge >= 0.3 is 0 Å². The summed E-state index contributed by atoms with van der Waals surface area (Å²) in [7, 11) is 1.59. The number of thiazole rings is 1. The highest BCUT2D eigenvalue weighted by Crippen LogP contribution is 2.22. The first-order chi connectivity index (χ1) is 12.2. The maximum absolute atomic E-state index is 12.0. The molecule has 0 bridgehead atoms. The fraction of sp³-hybridized carbons (Fsp3) is 0.211. The van der Waals surface area contributed by atoms with Crippen LogP contribution in [0, 0.1) is 0 Å². The van der Waals surface area contributed by atoms with Crippen molar-refractivity contribution in [1.82, 2.24) is 10.3 Å². The summed E-state index contributed by atoms with van der Waals surface area (Å²) in [4.78, 5) is 28.1. The van der Waals surface area contributed by atoms with Crippen molar-refractivity contribution in [1.29, 1.82) is 0 Å². The predicted molar refractivity (Wildman–Crippen MR) is 101 cm³/mol. The zero-order chi connectivity index (χ0) is 17.6. The highest BCUT2D eigenvalue weighted by atomic mass is 32.1. The molecule has 0 spiro atoms. The van der Waals surface area contributed by atoms with Crippen LogP contribution in [0.25, 0.3) is 10.2 Å². The first-order valence-corrected chi connectivity index (χ1v) is 8.94. The average molecular weight is 353 g/mol. The molecule has 0 atom stereocenters. The molecule has 0 unspecified atom stereocenters. The summed E-state index contributed by atoms with van der Waals surface area (Å²) in [5.74, 6) is -0.178. The Morgan fingerprint density at radius 1 is 1.08 bits per heavy atom. The second-order valence-corrected chi connectivity index (χ2v) is 6.75. The fourth-order valence-electron chi connectivity index (χ4n) is 2.50. The highest BCUT2D eigenvalue weighted by Gasteiger charge is 2.07. The first-order valence-electron chi connectivity index (χ1n) is 8.12. The van der Waals surface area contributed by atoms with Crippen molar-refractivity contribution in [3.63, 3.8) is 0 Å². The van der Waals surface area contributed by atoms with E-state index in [9.17, 15) is 9.59 Å². The van der Waals surface area contributed by atoms with Gasteiger partial charge in [-0.05, 0) is 49.2 Å². The molecular formula is C19H19N3O2S. The number of fused-ring (bicyclic) bond motifs is 1. The molecule has 0 radical (unpaired) electrons. The number of carbonyl (C=O) groups is 2. The molecular weight excluding hydrogens is 334 g/mol. The van der Waals surface area contributed by atoms with Crippen LogP contribution < -0.4 is 10.6 Å². The van der Waals surface area contributed by atoms with E-state index in [0.717, 1.165) is 23.4 Å². The Kier molecular flexibility index (Phi) is 5.40. The summed E-state index contributed by atoms with van der Waals surface area (Å²) in [5, 5.41) is 6.47. The van der Waals surface area contributed by atoms with Crippen LogP contribution in [0.15, 0.2) is 48.5 Å². The quantitative estimate of drug-likeness (QED) is 0.711. The summed E-state index contributed by atoms with van der Waals surface area (Å²) in [6.45, 7) is 0. The van der Waals surface area contributed by atoms with Crippen LogP contribution in [0.5, 0.6) is 0 Å². The van der Waals surface area contributed by atoms with Gasteiger partial charge in [0.2, 0.25) is 5.91 Å². The maximum Gasteiger partial charge on any atom is 0.251 e. The molecule has 0 aliphatic carbocycles. The van der Waals surface area contributed by atoms with E-state index in [2.05, 4.69) is 21.7 Å². The lowest BCUT2D eigenvalue weighted by Crippen LogP contribution is -2.17. The largest absolute Gasteiger partial charge is 0.355 e. The molecule has 6 heteroatoms. The number of anilines is 1. The van der Waals surface area contributed by atoms with Crippen molar-refractivity contribution < 1.29 is 9.59 Å². The third-order valence-electron chi connectivity index (χ3n) is 3.79. The summed E-state index contributed by atoms with van der Waals surface area (Å²) in [6, 6.07) is 14.9. The minimum atomic E-state index is -0.145. The van der Waals surface area contributed by atoms with Crippen molar-refractivity contribution in [2.24, 2.45) is 0 Å². The number of aromatic nitrogens is 1. The van der Waals surface area contributed by atoms with E-state index in [1.54, 1.807) is 42.6 Å². The van der Waals surface area contributed by atoms with E-state index < -0.39 is 0 Å². The lowest BCUT2D eigenvalue weighted by atomic mass is 10.2. The van der Waals surface area contributed by atoms with Crippen molar-refractivity contribution >= 4 is 39.1 Å². The number of para-hydroxylation sites is 1. The van der Waals surface area contributed by atoms with Crippen LogP contribution in [0.3, 0.4) is 0 Å². The lowest BCUT2D eigenvalue weighted by Gasteiger charge is -2.06. The number of hydrogen-bond donors (Lipinski definition) is 2. The third kappa shape index (κ3) is 4.42. The van der Waals surface area contributed by atoms with Crippen molar-refractivity contribution in [3.05, 3.63) is 59.1 Å². The van der Waals surface area contributed by atoms with Crippen LogP contribution in [0.2, 0.25) is 0 Å². The van der Waals surface area contributed by atoms with Gasteiger partial charge in [0.25, 0.3) is 5.91 Å². The summed E-state index contributed by atoms with van der Waals surface area (Å²) >= 11 is 1.68. The van der Waals surface area contributed by atoms with Crippen LogP contribution in [0.1, 0.15) is 28.2 Å². The maximum atomic E-state index is 12.0. The normalized spacial score (nSPS) is 10.6. The van der Waals surface area contributed by atoms with Gasteiger partial charge in [0.05, 0.1) is 15.2 Å². The Bertz CT molecular complexity index is 854. The number of nitrogens with one attached hydrogen (secondary N) is 2. The second-order valence-electron chi connectivity index (χ2n) is 5.63. The first kappa shape index (κ1) is 17.1. The van der Waals surface area contributed by atoms with Gasteiger partial charge in [0, 0.05) is 24.7 Å². The van der Waals surface area contributed by atoms with Gasteiger partial charge in [-0.25, -0.2) is 4.98 Å². The minimum Gasteiger partial charge on any atom is -0.355 e. The average Bonchev–Trinajstić information content (AvgIpc) is 3.04. The molecule has 2 amide bonds. The molecule has 0 saturated carbocycles. The Balaban J connectivity index is 1.48. The van der Waals surface area contributed by atoms with Gasteiger partial charge in [0.1, 0.15) is 0 Å². The van der Waals surface area contributed by atoms with E-state index >= 15 is 0 Å². The molecule has 128 valence electrons. The monoisotopic (exact) mass is 353 g/mol. The Hall–Kier alpha value is -2.73. The molecule has 0 saturated heterocycles. The van der Waals surface area contributed by atoms with E-state index in [4.69, 9.17) is 0 Å². The number of nitrogens with zero attached hydrogens (tertiary/aromatic N) is 1. The van der Waals surface area contributed by atoms with E-state index in [1.807, 2.05) is 18.2 Å². The number of benzene rings is 2. The molecule has 1 aromatic heterocycles. The van der Waals surface area contributed by atoms with Crippen molar-refractivity contribution in [2.45, 2.75) is 19.3 Å². The SMILES string of the molecule is CNC(=O)c1ccc(NC(=O)CCCc2nc3ccccc3s2)cc1. The van der Waals surface area contributed by atoms with Gasteiger partial charge in [-0.1, -0.05) is 12.1 Å². The second kappa shape index (κ2) is 7.90. The molecule has 5 nitrogen and oxygen atoms in total. The molecule has 1 heterocycles. The number of amides is 2. The molecule has 3 aromatic rings.